The molecule has 0 aliphatic heterocycles. The highest BCUT2D eigenvalue weighted by atomic mass is 31.1. The Kier molecular flexibility index (Phi) is 19.5. The SMILES string of the molecule is CCCCC/C=C/C/C=C/C/C=C/C/C=C/CCCC(=O)N[C@H](C(=O)O)C(C)O[P+](=O)[O-]. The second kappa shape index (κ2) is 20.8. The number of aliphatic carboxylic acids is 1. The van der Waals surface area contributed by atoms with E-state index in [1.165, 1.54) is 32.6 Å². The zero-order valence-corrected chi connectivity index (χ0v) is 20.2. The first-order valence-electron chi connectivity index (χ1n) is 11.3. The number of allylic oxidation sites excluding steroid dienone is 8. The molecule has 0 aromatic carbocycles. The number of hydrogen-bond acceptors (Lipinski definition) is 5. The van der Waals surface area contributed by atoms with Crippen molar-refractivity contribution in [1.82, 2.24) is 5.32 Å². The molecule has 0 radical (unpaired) electrons. The average Bonchev–Trinajstić information content (AvgIpc) is 2.73. The van der Waals surface area contributed by atoms with Crippen LogP contribution in [-0.2, 0) is 18.7 Å². The monoisotopic (exact) mass is 467 g/mol. The molecule has 0 aliphatic rings. The normalized spacial score (nSPS) is 14.5. The number of amides is 1. The van der Waals surface area contributed by atoms with Crippen LogP contribution in [0.4, 0.5) is 0 Å². The summed E-state index contributed by atoms with van der Waals surface area (Å²) in [5, 5.41) is 11.4. The van der Waals surface area contributed by atoms with Crippen molar-refractivity contribution in [3.05, 3.63) is 48.6 Å². The van der Waals surface area contributed by atoms with Gasteiger partial charge in [0.1, 0.15) is 6.10 Å². The van der Waals surface area contributed by atoms with Crippen LogP contribution in [0.25, 0.3) is 0 Å². The molecular weight excluding hydrogens is 429 g/mol. The number of rotatable bonds is 19. The summed E-state index contributed by atoms with van der Waals surface area (Å²) in [6.07, 6.45) is 24.9. The van der Waals surface area contributed by atoms with E-state index in [-0.39, 0.29) is 6.42 Å². The molecule has 0 aliphatic carbocycles. The molecule has 0 bridgehead atoms. The Hall–Kier alpha value is -2.08. The number of unbranched alkanes of at least 4 members (excludes halogenated alkanes) is 4. The van der Waals surface area contributed by atoms with Gasteiger partial charge in [-0.05, 0) is 56.4 Å². The van der Waals surface area contributed by atoms with Crippen molar-refractivity contribution in [3.8, 4) is 0 Å². The van der Waals surface area contributed by atoms with E-state index in [1.807, 2.05) is 12.2 Å². The first-order valence-corrected chi connectivity index (χ1v) is 12.4. The number of carboxylic acids is 1. The molecular formula is C24H38NO6P. The lowest BCUT2D eigenvalue weighted by Gasteiger charge is -2.17. The van der Waals surface area contributed by atoms with E-state index in [0.717, 1.165) is 19.3 Å². The van der Waals surface area contributed by atoms with Crippen LogP contribution in [0, 0.1) is 0 Å². The molecule has 32 heavy (non-hydrogen) atoms. The van der Waals surface area contributed by atoms with Gasteiger partial charge in [0.25, 0.3) is 0 Å². The molecule has 1 amide bonds. The highest BCUT2D eigenvalue weighted by Crippen LogP contribution is 2.16. The van der Waals surface area contributed by atoms with Gasteiger partial charge in [-0.25, -0.2) is 4.79 Å². The second-order valence-corrected chi connectivity index (χ2v) is 8.06. The molecule has 0 spiro atoms. The van der Waals surface area contributed by atoms with Crippen LogP contribution < -0.4 is 10.2 Å². The number of carboxylic acid groups (broad SMARTS) is 1. The van der Waals surface area contributed by atoms with Gasteiger partial charge in [-0.2, -0.15) is 0 Å². The zero-order chi connectivity index (χ0) is 24.0. The van der Waals surface area contributed by atoms with Crippen molar-refractivity contribution < 1.29 is 28.7 Å². The number of hydrogen-bond donors (Lipinski definition) is 2. The van der Waals surface area contributed by atoms with Gasteiger partial charge in [-0.3, -0.25) is 4.79 Å². The maximum atomic E-state index is 11.9. The first kappa shape index (κ1) is 29.9. The van der Waals surface area contributed by atoms with Gasteiger partial charge in [-0.1, -0.05) is 68.4 Å². The fraction of sp³-hybridized carbons (Fsp3) is 0.583. The Morgan fingerprint density at radius 1 is 0.938 bits per heavy atom. The van der Waals surface area contributed by atoms with Crippen molar-refractivity contribution in [3.63, 3.8) is 0 Å². The Labute approximate surface area is 193 Å². The highest BCUT2D eigenvalue weighted by molar-refractivity contribution is 7.30. The third-order valence-corrected chi connectivity index (χ3v) is 5.04. The number of nitrogens with one attached hydrogen (secondary N) is 1. The highest BCUT2D eigenvalue weighted by Gasteiger charge is 2.31. The van der Waals surface area contributed by atoms with E-state index >= 15 is 0 Å². The van der Waals surface area contributed by atoms with Gasteiger partial charge in [0.2, 0.25) is 5.91 Å². The summed E-state index contributed by atoms with van der Waals surface area (Å²) in [6, 6.07) is -1.41. The van der Waals surface area contributed by atoms with Crippen LogP contribution in [-0.4, -0.2) is 29.1 Å². The standard InChI is InChI=1S/C24H38NO6P/c1-3-4-5-6-7-8-9-10-11-12-13-14-15-16-17-18-19-20-22(26)25-23(24(27)28)21(2)31-32(29)30/h7-8,10-11,13-14,16-17,21,23H,3-6,9,12,15,18-20H2,1-2H3,(H,25,26)(H,27,28)/b8-7+,11-10+,14-13+,17-16+/t21?,23-/m0/s1. The van der Waals surface area contributed by atoms with Crippen LogP contribution in [0.2, 0.25) is 0 Å². The van der Waals surface area contributed by atoms with Crippen LogP contribution in [0.1, 0.15) is 78.1 Å². The summed E-state index contributed by atoms with van der Waals surface area (Å²) in [6.45, 7) is 3.49. The molecule has 0 saturated heterocycles. The van der Waals surface area contributed by atoms with Gasteiger partial charge in [0.15, 0.2) is 6.04 Å². The quantitative estimate of drug-likeness (QED) is 0.155. The minimum absolute atomic E-state index is 0.151. The van der Waals surface area contributed by atoms with E-state index in [1.54, 1.807) is 0 Å². The summed E-state index contributed by atoms with van der Waals surface area (Å²) in [5.74, 6) is -1.80. The Morgan fingerprint density at radius 2 is 1.44 bits per heavy atom. The molecule has 7 nitrogen and oxygen atoms in total. The minimum Gasteiger partial charge on any atom is -0.566 e. The van der Waals surface area contributed by atoms with Gasteiger partial charge in [0, 0.05) is 6.42 Å². The molecule has 180 valence electrons. The Balaban J connectivity index is 3.87. The Morgan fingerprint density at radius 3 is 1.91 bits per heavy atom. The molecule has 0 aromatic rings. The molecule has 0 saturated carbocycles. The largest absolute Gasteiger partial charge is 0.566 e. The van der Waals surface area contributed by atoms with Gasteiger partial charge < -0.3 is 15.3 Å². The second-order valence-electron chi connectivity index (χ2n) is 7.40. The van der Waals surface area contributed by atoms with E-state index in [4.69, 9.17) is 5.11 Å². The fourth-order valence-electron chi connectivity index (χ4n) is 2.76. The molecule has 0 rings (SSSR count). The van der Waals surface area contributed by atoms with Crippen LogP contribution in [0.5, 0.6) is 0 Å². The topological polar surface area (TPSA) is 116 Å². The lowest BCUT2D eigenvalue weighted by molar-refractivity contribution is -0.190. The Bertz CT molecular complexity index is 657. The van der Waals surface area contributed by atoms with Crippen molar-refractivity contribution >= 4 is 20.1 Å². The van der Waals surface area contributed by atoms with Gasteiger partial charge in [0.05, 0.1) is 0 Å². The lowest BCUT2D eigenvalue weighted by Crippen LogP contribution is -2.48. The first-order chi connectivity index (χ1) is 15.4. The molecule has 2 N–H and O–H groups in total. The fourth-order valence-corrected chi connectivity index (χ4v) is 3.16. The van der Waals surface area contributed by atoms with Crippen LogP contribution in [0.15, 0.2) is 48.6 Å². The minimum atomic E-state index is -3.19. The lowest BCUT2D eigenvalue weighted by atomic mass is 10.1. The van der Waals surface area contributed by atoms with Crippen LogP contribution >= 0.6 is 8.25 Å². The predicted octanol–water partition coefficient (Wildman–Crippen LogP) is 5.12. The molecule has 3 atom stereocenters. The van der Waals surface area contributed by atoms with E-state index in [2.05, 4.69) is 53.2 Å². The number of carbonyl (C=O) groups excluding carboxylic acids is 1. The molecule has 0 heterocycles. The summed E-state index contributed by atoms with van der Waals surface area (Å²) in [4.78, 5) is 33.6. The van der Waals surface area contributed by atoms with E-state index in [9.17, 15) is 19.0 Å². The molecule has 2 unspecified atom stereocenters. The van der Waals surface area contributed by atoms with Crippen molar-refractivity contribution in [2.75, 3.05) is 0 Å². The zero-order valence-electron chi connectivity index (χ0n) is 19.3. The van der Waals surface area contributed by atoms with Crippen molar-refractivity contribution in [2.45, 2.75) is 90.2 Å². The molecule has 0 aromatic heterocycles. The maximum absolute atomic E-state index is 11.9. The third-order valence-electron chi connectivity index (χ3n) is 4.54. The van der Waals surface area contributed by atoms with E-state index < -0.39 is 32.3 Å². The van der Waals surface area contributed by atoms with E-state index in [0.29, 0.717) is 12.8 Å². The summed E-state index contributed by atoms with van der Waals surface area (Å²) in [5.41, 5.74) is 0. The van der Waals surface area contributed by atoms with Crippen LogP contribution in [0.3, 0.4) is 0 Å². The van der Waals surface area contributed by atoms with Crippen molar-refractivity contribution in [1.29, 1.82) is 0 Å². The third kappa shape index (κ3) is 18.7. The predicted molar refractivity (Wildman–Crippen MR) is 126 cm³/mol. The molecule has 0 fully saturated rings. The summed E-state index contributed by atoms with van der Waals surface area (Å²) < 4.78 is 15.0. The van der Waals surface area contributed by atoms with Gasteiger partial charge >= 0.3 is 14.2 Å². The summed E-state index contributed by atoms with van der Waals surface area (Å²) >= 11 is 0. The molecule has 8 heteroatoms. The average molecular weight is 468 g/mol. The number of carbonyl (C=O) groups is 2. The van der Waals surface area contributed by atoms with Gasteiger partial charge in [-0.15, -0.1) is 4.52 Å². The summed E-state index contributed by atoms with van der Waals surface area (Å²) in [7, 11) is -3.19. The maximum Gasteiger partial charge on any atom is 0.488 e. The smallest absolute Gasteiger partial charge is 0.488 e. The van der Waals surface area contributed by atoms with Crippen molar-refractivity contribution in [2.24, 2.45) is 0 Å².